The number of alkyl halides is 1. The van der Waals surface area contributed by atoms with Crippen LogP contribution in [0.5, 0.6) is 5.75 Å². The molecular formula is C10H10ClFO3. The van der Waals surface area contributed by atoms with Crippen molar-refractivity contribution in [3.05, 3.63) is 29.6 Å². The highest BCUT2D eigenvalue weighted by Crippen LogP contribution is 2.32. The van der Waals surface area contributed by atoms with Crippen LogP contribution >= 0.6 is 11.6 Å². The van der Waals surface area contributed by atoms with Crippen molar-refractivity contribution in [1.82, 2.24) is 0 Å². The molecule has 0 bridgehead atoms. The summed E-state index contributed by atoms with van der Waals surface area (Å²) in [4.78, 5) is 11.2. The van der Waals surface area contributed by atoms with E-state index in [0.717, 1.165) is 0 Å². The molecule has 0 aliphatic carbocycles. The van der Waals surface area contributed by atoms with Gasteiger partial charge in [-0.1, -0.05) is 6.07 Å². The van der Waals surface area contributed by atoms with Gasteiger partial charge in [-0.05, 0) is 12.1 Å². The molecule has 1 aromatic carbocycles. The lowest BCUT2D eigenvalue weighted by atomic mass is 10.1. The molecule has 0 aromatic heterocycles. The summed E-state index contributed by atoms with van der Waals surface area (Å²) in [5.41, 5.74) is -0.00600. The van der Waals surface area contributed by atoms with E-state index in [2.05, 4.69) is 4.74 Å². The number of hydrogen-bond donors (Lipinski definition) is 0. The number of benzene rings is 1. The maximum absolute atomic E-state index is 13.4. The first-order valence-electron chi connectivity index (χ1n) is 4.16. The summed E-state index contributed by atoms with van der Waals surface area (Å²) < 4.78 is 22.7. The summed E-state index contributed by atoms with van der Waals surface area (Å²) >= 11 is 5.75. The van der Waals surface area contributed by atoms with E-state index in [1.165, 1.54) is 32.4 Å². The summed E-state index contributed by atoms with van der Waals surface area (Å²) in [5.74, 6) is -1.10. The molecule has 0 radical (unpaired) electrons. The number of esters is 1. The van der Waals surface area contributed by atoms with Crippen LogP contribution in [0.2, 0.25) is 0 Å². The van der Waals surface area contributed by atoms with E-state index in [1.807, 2.05) is 0 Å². The van der Waals surface area contributed by atoms with Crippen molar-refractivity contribution < 1.29 is 18.7 Å². The zero-order valence-electron chi connectivity index (χ0n) is 8.29. The molecule has 0 N–H and O–H groups in total. The highest BCUT2D eigenvalue weighted by atomic mass is 35.5. The van der Waals surface area contributed by atoms with E-state index in [9.17, 15) is 9.18 Å². The van der Waals surface area contributed by atoms with Crippen LogP contribution in [-0.2, 0) is 9.53 Å². The van der Waals surface area contributed by atoms with Crippen molar-refractivity contribution in [2.75, 3.05) is 14.2 Å². The van der Waals surface area contributed by atoms with Crippen LogP contribution in [0.4, 0.5) is 4.39 Å². The SMILES string of the molecule is COC(=O)C(Cl)c1c(F)cccc1OC. The van der Waals surface area contributed by atoms with Gasteiger partial charge in [0.2, 0.25) is 0 Å². The Kier molecular flexibility index (Phi) is 3.91. The van der Waals surface area contributed by atoms with Crippen LogP contribution < -0.4 is 4.74 Å². The van der Waals surface area contributed by atoms with Crippen LogP contribution in [0.1, 0.15) is 10.9 Å². The summed E-state index contributed by atoms with van der Waals surface area (Å²) in [6.45, 7) is 0. The van der Waals surface area contributed by atoms with E-state index in [-0.39, 0.29) is 11.3 Å². The third-order valence-corrected chi connectivity index (χ3v) is 2.29. The summed E-state index contributed by atoms with van der Waals surface area (Å²) in [5, 5.41) is -1.20. The molecule has 1 unspecified atom stereocenters. The Morgan fingerprint density at radius 1 is 1.47 bits per heavy atom. The minimum Gasteiger partial charge on any atom is -0.496 e. The van der Waals surface area contributed by atoms with Gasteiger partial charge in [0.05, 0.1) is 19.8 Å². The lowest BCUT2D eigenvalue weighted by Crippen LogP contribution is -2.11. The first kappa shape index (κ1) is 11.8. The first-order chi connectivity index (χ1) is 7.11. The number of halogens is 2. The Morgan fingerprint density at radius 2 is 2.13 bits per heavy atom. The van der Waals surface area contributed by atoms with Crippen molar-refractivity contribution in [2.45, 2.75) is 5.38 Å². The fraction of sp³-hybridized carbons (Fsp3) is 0.300. The molecule has 0 saturated heterocycles. The maximum atomic E-state index is 13.4. The van der Waals surface area contributed by atoms with E-state index in [1.54, 1.807) is 0 Å². The van der Waals surface area contributed by atoms with Crippen molar-refractivity contribution in [1.29, 1.82) is 0 Å². The second kappa shape index (κ2) is 4.98. The van der Waals surface area contributed by atoms with Crippen molar-refractivity contribution in [2.24, 2.45) is 0 Å². The Balaban J connectivity index is 3.16. The number of methoxy groups -OCH3 is 2. The maximum Gasteiger partial charge on any atom is 0.328 e. The number of carbonyl (C=O) groups excluding carboxylic acids is 1. The van der Waals surface area contributed by atoms with Gasteiger partial charge in [0.25, 0.3) is 0 Å². The minimum absolute atomic E-state index is 0.00600. The monoisotopic (exact) mass is 232 g/mol. The molecule has 1 atom stereocenters. The molecule has 82 valence electrons. The molecule has 3 nitrogen and oxygen atoms in total. The standard InChI is InChI=1S/C10H10ClFO3/c1-14-7-5-3-4-6(12)8(7)9(11)10(13)15-2/h3-5,9H,1-2H3. The van der Waals surface area contributed by atoms with Gasteiger partial charge in [-0.25, -0.2) is 4.39 Å². The second-order valence-electron chi connectivity index (χ2n) is 2.74. The van der Waals surface area contributed by atoms with Crippen molar-refractivity contribution in [3.8, 4) is 5.75 Å². The molecule has 0 heterocycles. The van der Waals surface area contributed by atoms with Gasteiger partial charge in [-0.3, -0.25) is 4.79 Å². The quantitative estimate of drug-likeness (QED) is 0.593. The Morgan fingerprint density at radius 3 is 2.67 bits per heavy atom. The van der Waals surface area contributed by atoms with Gasteiger partial charge >= 0.3 is 5.97 Å². The third kappa shape index (κ3) is 2.39. The minimum atomic E-state index is -1.20. The topological polar surface area (TPSA) is 35.5 Å². The fourth-order valence-electron chi connectivity index (χ4n) is 1.16. The Hall–Kier alpha value is -1.29. The molecule has 0 aliphatic rings. The van der Waals surface area contributed by atoms with Crippen LogP contribution in [0.25, 0.3) is 0 Å². The lowest BCUT2D eigenvalue weighted by Gasteiger charge is -2.12. The Labute approximate surface area is 91.7 Å². The van der Waals surface area contributed by atoms with Crippen LogP contribution in [0.15, 0.2) is 18.2 Å². The van der Waals surface area contributed by atoms with E-state index < -0.39 is 17.2 Å². The largest absolute Gasteiger partial charge is 0.496 e. The zero-order valence-corrected chi connectivity index (χ0v) is 9.05. The molecule has 0 saturated carbocycles. The average molecular weight is 233 g/mol. The van der Waals surface area contributed by atoms with Gasteiger partial charge in [-0.15, -0.1) is 11.6 Å². The first-order valence-corrected chi connectivity index (χ1v) is 4.59. The van der Waals surface area contributed by atoms with Gasteiger partial charge in [0.15, 0.2) is 5.38 Å². The molecule has 0 spiro atoms. The molecule has 1 rings (SSSR count). The van der Waals surface area contributed by atoms with Gasteiger partial charge in [0, 0.05) is 0 Å². The molecule has 1 aromatic rings. The van der Waals surface area contributed by atoms with Crippen LogP contribution in [0.3, 0.4) is 0 Å². The van der Waals surface area contributed by atoms with Crippen LogP contribution in [0, 0.1) is 5.82 Å². The number of carbonyl (C=O) groups is 1. The molecule has 5 heteroatoms. The summed E-state index contributed by atoms with van der Waals surface area (Å²) in [6.07, 6.45) is 0. The predicted molar refractivity (Wildman–Crippen MR) is 53.6 cm³/mol. The van der Waals surface area contributed by atoms with E-state index in [0.29, 0.717) is 0 Å². The van der Waals surface area contributed by atoms with E-state index >= 15 is 0 Å². The van der Waals surface area contributed by atoms with E-state index in [4.69, 9.17) is 16.3 Å². The summed E-state index contributed by atoms with van der Waals surface area (Å²) in [6, 6.07) is 4.20. The lowest BCUT2D eigenvalue weighted by molar-refractivity contribution is -0.140. The van der Waals surface area contributed by atoms with Gasteiger partial charge in [0.1, 0.15) is 11.6 Å². The highest BCUT2D eigenvalue weighted by Gasteiger charge is 2.25. The smallest absolute Gasteiger partial charge is 0.328 e. The van der Waals surface area contributed by atoms with Gasteiger partial charge in [-0.2, -0.15) is 0 Å². The average Bonchev–Trinajstić information content (AvgIpc) is 2.26. The second-order valence-corrected chi connectivity index (χ2v) is 3.18. The zero-order chi connectivity index (χ0) is 11.4. The Bertz CT molecular complexity index is 368. The fourth-order valence-corrected chi connectivity index (χ4v) is 1.46. The molecule has 0 amide bonds. The molecule has 0 aliphatic heterocycles. The highest BCUT2D eigenvalue weighted by molar-refractivity contribution is 6.30. The summed E-state index contributed by atoms with van der Waals surface area (Å²) in [7, 11) is 2.56. The third-order valence-electron chi connectivity index (χ3n) is 1.89. The van der Waals surface area contributed by atoms with Crippen molar-refractivity contribution >= 4 is 17.6 Å². The predicted octanol–water partition coefficient (Wildman–Crippen LogP) is 2.29. The van der Waals surface area contributed by atoms with Crippen LogP contribution in [-0.4, -0.2) is 20.2 Å². The number of ether oxygens (including phenoxy) is 2. The normalized spacial score (nSPS) is 12.0. The molecule has 15 heavy (non-hydrogen) atoms. The molecular weight excluding hydrogens is 223 g/mol. The number of hydrogen-bond acceptors (Lipinski definition) is 3. The molecule has 0 fully saturated rings. The van der Waals surface area contributed by atoms with Gasteiger partial charge < -0.3 is 9.47 Å². The van der Waals surface area contributed by atoms with Crippen molar-refractivity contribution in [3.63, 3.8) is 0 Å². The number of rotatable bonds is 3.